The summed E-state index contributed by atoms with van der Waals surface area (Å²) in [4.78, 5) is 26.1. The van der Waals surface area contributed by atoms with Gasteiger partial charge in [-0.25, -0.2) is 0 Å². The van der Waals surface area contributed by atoms with E-state index in [0.29, 0.717) is 12.1 Å². The minimum absolute atomic E-state index is 0.199. The van der Waals surface area contributed by atoms with Crippen molar-refractivity contribution >= 4 is 17.9 Å². The average molecular weight is 377 g/mol. The molecule has 144 valence electrons. The van der Waals surface area contributed by atoms with Crippen molar-refractivity contribution in [2.75, 3.05) is 14.2 Å². The van der Waals surface area contributed by atoms with Crippen LogP contribution in [0.4, 0.5) is 0 Å². The topological polar surface area (TPSA) is 82.4 Å². The van der Waals surface area contributed by atoms with Crippen molar-refractivity contribution in [3.05, 3.63) is 71.3 Å². The van der Waals surface area contributed by atoms with E-state index < -0.39 is 6.04 Å². The van der Waals surface area contributed by atoms with Crippen LogP contribution in [-0.4, -0.2) is 36.9 Å². The van der Waals surface area contributed by atoms with E-state index in [1.54, 1.807) is 44.2 Å². The molecule has 1 N–H and O–H groups in total. The van der Waals surface area contributed by atoms with E-state index in [0.717, 1.165) is 16.9 Å². The van der Waals surface area contributed by atoms with Gasteiger partial charge >= 0.3 is 0 Å². The Morgan fingerprint density at radius 3 is 2.39 bits per heavy atom. The van der Waals surface area contributed by atoms with Crippen LogP contribution < -0.4 is 10.1 Å². The number of nitrogens with one attached hydrogen (secondary N) is 1. The second kappa shape index (κ2) is 9.93. The zero-order chi connectivity index (χ0) is 20.5. The van der Waals surface area contributed by atoms with E-state index in [1.807, 2.05) is 36.4 Å². The molecule has 0 saturated heterocycles. The van der Waals surface area contributed by atoms with E-state index in [-0.39, 0.29) is 11.8 Å². The zero-order valence-electron chi connectivity index (χ0n) is 16.2. The maximum Gasteiger partial charge on any atom is 0.244 e. The predicted octanol–water partition coefficient (Wildman–Crippen LogP) is 2.74. The smallest absolute Gasteiger partial charge is 0.244 e. The zero-order valence-corrected chi connectivity index (χ0v) is 16.2. The van der Waals surface area contributed by atoms with Crippen LogP contribution in [0.1, 0.15) is 23.6 Å². The van der Waals surface area contributed by atoms with Crippen molar-refractivity contribution < 1.29 is 14.3 Å². The molecular formula is C22H23N3O3. The molecule has 28 heavy (non-hydrogen) atoms. The van der Waals surface area contributed by atoms with Crippen molar-refractivity contribution in [1.29, 1.82) is 5.26 Å². The minimum Gasteiger partial charge on any atom is -0.497 e. The molecule has 0 spiro atoms. The summed E-state index contributed by atoms with van der Waals surface area (Å²) in [5.74, 6) is 0.199. The van der Waals surface area contributed by atoms with Crippen LogP contribution in [0.25, 0.3) is 6.08 Å². The minimum atomic E-state index is -0.656. The van der Waals surface area contributed by atoms with Gasteiger partial charge < -0.3 is 15.0 Å². The van der Waals surface area contributed by atoms with Gasteiger partial charge in [0.25, 0.3) is 0 Å². The van der Waals surface area contributed by atoms with Gasteiger partial charge in [0.05, 0.1) is 18.7 Å². The van der Waals surface area contributed by atoms with Gasteiger partial charge in [-0.3, -0.25) is 9.59 Å². The molecule has 1 unspecified atom stereocenters. The number of methoxy groups -OCH3 is 1. The Hall–Kier alpha value is -3.59. The van der Waals surface area contributed by atoms with Crippen LogP contribution in [0.15, 0.2) is 54.6 Å². The Labute approximate surface area is 165 Å². The Bertz CT molecular complexity index is 881. The molecule has 2 aromatic rings. The first kappa shape index (κ1) is 20.7. The number of likely N-dealkylation sites (N-methyl/N-ethyl adjacent to an activating group) is 1. The van der Waals surface area contributed by atoms with Crippen LogP contribution >= 0.6 is 0 Å². The number of nitriles is 1. The van der Waals surface area contributed by atoms with Gasteiger partial charge in [-0.05, 0) is 48.4 Å². The molecule has 0 fully saturated rings. The predicted molar refractivity (Wildman–Crippen MR) is 107 cm³/mol. The van der Waals surface area contributed by atoms with Crippen LogP contribution in [0.5, 0.6) is 5.75 Å². The molecular weight excluding hydrogens is 354 g/mol. The van der Waals surface area contributed by atoms with Crippen LogP contribution in [0, 0.1) is 11.3 Å². The second-order valence-corrected chi connectivity index (χ2v) is 6.34. The number of hydrogen-bond acceptors (Lipinski definition) is 4. The summed E-state index contributed by atoms with van der Waals surface area (Å²) in [7, 11) is 3.27. The standard InChI is InChI=1S/C22H23N3O3/c1-16(22(27)25(2)15-19-6-4-18(14-23)5-7-19)24-21(26)13-10-17-8-11-20(28-3)12-9-17/h4-13,16H,15H2,1-3H3,(H,24,26)/b13-10+. The summed E-state index contributed by atoms with van der Waals surface area (Å²) < 4.78 is 5.09. The molecule has 0 aliphatic heterocycles. The number of hydrogen-bond donors (Lipinski definition) is 1. The number of carbonyl (C=O) groups is 2. The molecule has 2 rings (SSSR count). The molecule has 0 heterocycles. The molecule has 2 aromatic carbocycles. The number of nitrogens with zero attached hydrogens (tertiary/aromatic N) is 2. The Balaban J connectivity index is 1.87. The number of carbonyl (C=O) groups excluding carboxylic acids is 2. The number of rotatable bonds is 7. The normalized spacial score (nSPS) is 11.5. The number of amides is 2. The molecule has 1 atom stereocenters. The van der Waals surface area contributed by atoms with E-state index in [1.165, 1.54) is 6.08 Å². The third-order valence-corrected chi connectivity index (χ3v) is 4.15. The first-order valence-electron chi connectivity index (χ1n) is 8.79. The summed E-state index contributed by atoms with van der Waals surface area (Å²) >= 11 is 0. The van der Waals surface area contributed by atoms with Gasteiger partial charge in [-0.2, -0.15) is 5.26 Å². The first-order valence-corrected chi connectivity index (χ1v) is 8.79. The monoisotopic (exact) mass is 377 g/mol. The van der Waals surface area contributed by atoms with Crippen LogP contribution in [0.3, 0.4) is 0 Å². The maximum atomic E-state index is 12.5. The molecule has 0 aliphatic rings. The third kappa shape index (κ3) is 5.99. The number of benzene rings is 2. The van der Waals surface area contributed by atoms with Crippen LogP contribution in [0.2, 0.25) is 0 Å². The largest absolute Gasteiger partial charge is 0.497 e. The van der Waals surface area contributed by atoms with E-state index in [9.17, 15) is 9.59 Å². The number of ether oxygens (including phenoxy) is 1. The fourth-order valence-electron chi connectivity index (χ4n) is 2.58. The first-order chi connectivity index (χ1) is 13.4. The van der Waals surface area contributed by atoms with Gasteiger partial charge in [0.15, 0.2) is 0 Å². The highest BCUT2D eigenvalue weighted by atomic mass is 16.5. The summed E-state index contributed by atoms with van der Waals surface area (Å²) in [6.45, 7) is 2.04. The lowest BCUT2D eigenvalue weighted by Crippen LogP contribution is -2.44. The fourth-order valence-corrected chi connectivity index (χ4v) is 2.58. The maximum absolute atomic E-state index is 12.5. The van der Waals surface area contributed by atoms with Crippen molar-refractivity contribution in [2.45, 2.75) is 19.5 Å². The van der Waals surface area contributed by atoms with Gasteiger partial charge in [-0.15, -0.1) is 0 Å². The third-order valence-electron chi connectivity index (χ3n) is 4.15. The van der Waals surface area contributed by atoms with E-state index >= 15 is 0 Å². The molecule has 0 aromatic heterocycles. The summed E-state index contributed by atoms with van der Waals surface area (Å²) in [6.07, 6.45) is 3.07. The highest BCUT2D eigenvalue weighted by molar-refractivity contribution is 5.95. The van der Waals surface area contributed by atoms with Gasteiger partial charge in [0.2, 0.25) is 11.8 Å². The van der Waals surface area contributed by atoms with E-state index in [4.69, 9.17) is 10.00 Å². The van der Waals surface area contributed by atoms with Gasteiger partial charge in [0, 0.05) is 19.7 Å². The molecule has 0 aliphatic carbocycles. The highest BCUT2D eigenvalue weighted by Crippen LogP contribution is 2.12. The van der Waals surface area contributed by atoms with Crippen molar-refractivity contribution in [3.8, 4) is 11.8 Å². The SMILES string of the molecule is COc1ccc(/C=C/C(=O)NC(C)C(=O)N(C)Cc2ccc(C#N)cc2)cc1. The Morgan fingerprint density at radius 2 is 1.82 bits per heavy atom. The highest BCUT2D eigenvalue weighted by Gasteiger charge is 2.18. The second-order valence-electron chi connectivity index (χ2n) is 6.34. The summed E-state index contributed by atoms with van der Waals surface area (Å²) in [5.41, 5.74) is 2.34. The lowest BCUT2D eigenvalue weighted by Gasteiger charge is -2.22. The Kier molecular flexibility index (Phi) is 7.35. The lowest BCUT2D eigenvalue weighted by molar-refractivity contribution is -0.134. The van der Waals surface area contributed by atoms with Gasteiger partial charge in [-0.1, -0.05) is 24.3 Å². The Morgan fingerprint density at radius 1 is 1.18 bits per heavy atom. The van der Waals surface area contributed by atoms with Crippen molar-refractivity contribution in [3.63, 3.8) is 0 Å². The van der Waals surface area contributed by atoms with Crippen molar-refractivity contribution in [1.82, 2.24) is 10.2 Å². The molecule has 0 radical (unpaired) electrons. The molecule has 6 heteroatoms. The summed E-state index contributed by atoms with van der Waals surface area (Å²) in [6, 6.07) is 15.7. The van der Waals surface area contributed by atoms with E-state index in [2.05, 4.69) is 11.4 Å². The molecule has 2 amide bonds. The van der Waals surface area contributed by atoms with Gasteiger partial charge in [0.1, 0.15) is 11.8 Å². The molecule has 0 saturated carbocycles. The quantitative estimate of drug-likeness (QED) is 0.752. The lowest BCUT2D eigenvalue weighted by atomic mass is 10.1. The average Bonchev–Trinajstić information content (AvgIpc) is 2.72. The van der Waals surface area contributed by atoms with Crippen LogP contribution in [-0.2, 0) is 16.1 Å². The summed E-state index contributed by atoms with van der Waals surface area (Å²) in [5, 5.41) is 11.5. The molecule has 0 bridgehead atoms. The molecule has 6 nitrogen and oxygen atoms in total. The fraction of sp³-hybridized carbons (Fsp3) is 0.227. The van der Waals surface area contributed by atoms with Crippen molar-refractivity contribution in [2.24, 2.45) is 0 Å².